The van der Waals surface area contributed by atoms with Crippen LogP contribution in [0, 0.1) is 5.41 Å². The Bertz CT molecular complexity index is 825. The van der Waals surface area contributed by atoms with Crippen molar-refractivity contribution in [2.45, 2.75) is 50.9 Å². The molecule has 1 aliphatic carbocycles. The Morgan fingerprint density at radius 2 is 1.90 bits per heavy atom. The van der Waals surface area contributed by atoms with E-state index in [1.54, 1.807) is 12.2 Å². The number of carboxylic acids is 1. The molecule has 10 heteroatoms. The number of aliphatic carboxylic acids is 1. The number of methoxy groups -OCH3 is 1. The summed E-state index contributed by atoms with van der Waals surface area (Å²) in [5.41, 5.74) is -0.562. The molecule has 2 rings (SSSR count). The highest BCUT2D eigenvalue weighted by atomic mass is 19.4. The number of carbonyl (C=O) groups is 3. The largest absolute Gasteiger partial charge is 0.481 e. The van der Waals surface area contributed by atoms with Crippen molar-refractivity contribution in [2.24, 2.45) is 10.4 Å². The fraction of sp³-hybridized carbons (Fsp3) is 0.500. The van der Waals surface area contributed by atoms with Crippen molar-refractivity contribution in [1.82, 2.24) is 5.32 Å². The zero-order valence-electron chi connectivity index (χ0n) is 16.5. The third-order valence-electron chi connectivity index (χ3n) is 5.21. The van der Waals surface area contributed by atoms with Crippen LogP contribution >= 0.6 is 0 Å². The second-order valence-electron chi connectivity index (χ2n) is 7.15. The second kappa shape index (κ2) is 9.27. The van der Waals surface area contributed by atoms with E-state index in [1.165, 1.54) is 0 Å². The van der Waals surface area contributed by atoms with Crippen LogP contribution in [-0.4, -0.2) is 48.0 Å². The highest BCUT2D eigenvalue weighted by molar-refractivity contribution is 6.08. The topological polar surface area (TPSA) is 105 Å². The zero-order chi connectivity index (χ0) is 22.5. The molecular weight excluding hydrogens is 405 g/mol. The summed E-state index contributed by atoms with van der Waals surface area (Å²) in [4.78, 5) is 40.2. The lowest BCUT2D eigenvalue weighted by atomic mass is 9.78. The minimum atomic E-state index is -5.23. The van der Waals surface area contributed by atoms with Crippen LogP contribution in [0.2, 0.25) is 0 Å². The maximum Gasteiger partial charge on any atom is 0.471 e. The van der Waals surface area contributed by atoms with Gasteiger partial charge in [-0.3, -0.25) is 14.6 Å². The van der Waals surface area contributed by atoms with Gasteiger partial charge in [0.15, 0.2) is 0 Å². The maximum absolute atomic E-state index is 12.7. The summed E-state index contributed by atoms with van der Waals surface area (Å²) < 4.78 is 42.5. The van der Waals surface area contributed by atoms with E-state index in [0.717, 1.165) is 12.7 Å². The van der Waals surface area contributed by atoms with E-state index in [2.05, 4.69) is 9.73 Å². The molecule has 1 saturated carbocycles. The number of alkyl halides is 3. The molecule has 0 radical (unpaired) electrons. The highest BCUT2D eigenvalue weighted by Crippen LogP contribution is 2.42. The van der Waals surface area contributed by atoms with Gasteiger partial charge in [-0.1, -0.05) is 30.3 Å². The number of hydrogen-bond acceptors (Lipinski definition) is 5. The lowest BCUT2D eigenvalue weighted by Gasteiger charge is -2.30. The van der Waals surface area contributed by atoms with Crippen molar-refractivity contribution in [3.8, 4) is 0 Å². The molecule has 1 amide bonds. The first kappa shape index (κ1) is 23.4. The second-order valence-corrected chi connectivity index (χ2v) is 7.15. The number of nitrogens with zero attached hydrogens (tertiary/aromatic N) is 1. The van der Waals surface area contributed by atoms with Crippen LogP contribution in [0.25, 0.3) is 0 Å². The normalized spacial score (nSPS) is 22.4. The lowest BCUT2D eigenvalue weighted by Crippen LogP contribution is -2.51. The molecule has 1 aromatic carbocycles. The first-order chi connectivity index (χ1) is 14.0. The van der Waals surface area contributed by atoms with Crippen LogP contribution in [0.5, 0.6) is 0 Å². The number of aliphatic imine (C=N–C) groups is 1. The van der Waals surface area contributed by atoms with E-state index in [0.29, 0.717) is 12.8 Å². The van der Waals surface area contributed by atoms with Gasteiger partial charge in [-0.05, 0) is 38.2 Å². The van der Waals surface area contributed by atoms with Crippen LogP contribution in [0.3, 0.4) is 0 Å². The molecule has 0 spiro atoms. The number of carbonyl (C=O) groups excluding carboxylic acids is 2. The molecule has 1 aliphatic rings. The van der Waals surface area contributed by atoms with Crippen molar-refractivity contribution in [3.05, 3.63) is 35.9 Å². The summed E-state index contributed by atoms with van der Waals surface area (Å²) >= 11 is 0. The van der Waals surface area contributed by atoms with Crippen LogP contribution in [-0.2, 0) is 19.1 Å². The van der Waals surface area contributed by atoms with Gasteiger partial charge in [0.2, 0.25) is 0 Å². The Balaban J connectivity index is 2.38. The number of amides is 1. The minimum Gasteiger partial charge on any atom is -0.481 e. The number of hydrogen-bond donors (Lipinski definition) is 2. The van der Waals surface area contributed by atoms with Crippen molar-refractivity contribution < 1.29 is 37.4 Å². The van der Waals surface area contributed by atoms with Gasteiger partial charge in [-0.15, -0.1) is 0 Å². The Kier molecular flexibility index (Phi) is 7.22. The van der Waals surface area contributed by atoms with Crippen molar-refractivity contribution in [3.63, 3.8) is 0 Å². The molecular formula is C20H23F3N2O5. The summed E-state index contributed by atoms with van der Waals surface area (Å²) in [5.74, 6) is -4.81. The summed E-state index contributed by atoms with van der Waals surface area (Å²) in [6.07, 6.45) is -4.97. The van der Waals surface area contributed by atoms with Gasteiger partial charge < -0.3 is 15.2 Å². The predicted octanol–water partition coefficient (Wildman–Crippen LogP) is 3.05. The van der Waals surface area contributed by atoms with Crippen molar-refractivity contribution in [2.75, 3.05) is 7.11 Å². The molecule has 1 aromatic rings. The zero-order valence-corrected chi connectivity index (χ0v) is 16.5. The van der Waals surface area contributed by atoms with E-state index in [1.807, 2.05) is 30.3 Å². The third-order valence-corrected chi connectivity index (χ3v) is 5.21. The maximum atomic E-state index is 12.7. The molecule has 3 atom stereocenters. The average molecular weight is 428 g/mol. The SMILES string of the molecule is COC(=O)[C@H](C[C@@]1(C(=O)O)CCCC1=N[C@@H](C)c1ccccc1)NC(=O)C(F)(F)F. The quantitative estimate of drug-likeness (QED) is 0.650. The fourth-order valence-electron chi connectivity index (χ4n) is 3.63. The van der Waals surface area contributed by atoms with Gasteiger partial charge in [0.05, 0.1) is 13.2 Å². The number of rotatable bonds is 7. The van der Waals surface area contributed by atoms with Gasteiger partial charge in [0, 0.05) is 5.71 Å². The molecule has 0 saturated heterocycles. The first-order valence-corrected chi connectivity index (χ1v) is 9.32. The van der Waals surface area contributed by atoms with E-state index < -0.39 is 41.9 Å². The standard InChI is InChI=1S/C20H23F3N2O5/c1-12(13-7-4-3-5-8-13)24-15-9-6-10-19(15,18(28)29)11-14(16(26)30-2)25-17(27)20(21,22)23/h3-5,7-8,12,14H,6,9-11H2,1-2H3,(H,25,27)(H,28,29)/t12-,14-,19-/m0/s1. The van der Waals surface area contributed by atoms with E-state index in [9.17, 15) is 32.7 Å². The first-order valence-electron chi connectivity index (χ1n) is 9.32. The van der Waals surface area contributed by atoms with Crippen LogP contribution < -0.4 is 5.32 Å². The van der Waals surface area contributed by atoms with E-state index in [4.69, 9.17) is 0 Å². The van der Waals surface area contributed by atoms with Crippen LogP contribution in [0.4, 0.5) is 13.2 Å². The van der Waals surface area contributed by atoms with Crippen molar-refractivity contribution >= 4 is 23.6 Å². The molecule has 1 fully saturated rings. The molecule has 7 nitrogen and oxygen atoms in total. The summed E-state index contributed by atoms with van der Waals surface area (Å²) in [6, 6.07) is 6.93. The Labute approximate surface area is 171 Å². The summed E-state index contributed by atoms with van der Waals surface area (Å²) in [6.45, 7) is 1.77. The lowest BCUT2D eigenvalue weighted by molar-refractivity contribution is -0.176. The fourth-order valence-corrected chi connectivity index (χ4v) is 3.63. The Morgan fingerprint density at radius 1 is 1.27 bits per heavy atom. The van der Waals surface area contributed by atoms with E-state index in [-0.39, 0.29) is 18.2 Å². The van der Waals surface area contributed by atoms with Crippen LogP contribution in [0.1, 0.15) is 44.2 Å². The van der Waals surface area contributed by atoms with Crippen molar-refractivity contribution in [1.29, 1.82) is 0 Å². The van der Waals surface area contributed by atoms with E-state index >= 15 is 0 Å². The number of nitrogens with one attached hydrogen (secondary N) is 1. The molecule has 0 aromatic heterocycles. The van der Waals surface area contributed by atoms with Gasteiger partial charge >= 0.3 is 24.0 Å². The monoisotopic (exact) mass is 428 g/mol. The Morgan fingerprint density at radius 3 is 2.43 bits per heavy atom. The van der Waals surface area contributed by atoms with Gasteiger partial charge in [0.25, 0.3) is 0 Å². The molecule has 0 heterocycles. The number of halogens is 3. The summed E-state index contributed by atoms with van der Waals surface area (Å²) in [5, 5.41) is 11.5. The number of esters is 1. The number of benzene rings is 1. The Hall–Kier alpha value is -2.91. The van der Waals surface area contributed by atoms with Gasteiger partial charge in [-0.25, -0.2) is 4.79 Å². The van der Waals surface area contributed by atoms with Gasteiger partial charge in [0.1, 0.15) is 11.5 Å². The number of carboxylic acid groups (broad SMARTS) is 1. The van der Waals surface area contributed by atoms with Gasteiger partial charge in [-0.2, -0.15) is 13.2 Å². The third kappa shape index (κ3) is 5.17. The molecule has 0 aliphatic heterocycles. The molecule has 0 bridgehead atoms. The smallest absolute Gasteiger partial charge is 0.471 e. The average Bonchev–Trinajstić information content (AvgIpc) is 3.10. The van der Waals surface area contributed by atoms with Crippen LogP contribution in [0.15, 0.2) is 35.3 Å². The molecule has 0 unspecified atom stereocenters. The predicted molar refractivity (Wildman–Crippen MR) is 101 cm³/mol. The number of ether oxygens (including phenoxy) is 1. The summed E-state index contributed by atoms with van der Waals surface area (Å²) in [7, 11) is 0.948. The molecule has 164 valence electrons. The highest BCUT2D eigenvalue weighted by Gasteiger charge is 2.51. The minimum absolute atomic E-state index is 0.0814. The molecule has 2 N–H and O–H groups in total. The molecule has 30 heavy (non-hydrogen) atoms.